The van der Waals surface area contributed by atoms with Crippen LogP contribution in [-0.4, -0.2) is 22.9 Å². The van der Waals surface area contributed by atoms with Crippen LogP contribution < -0.4 is 0 Å². The summed E-state index contributed by atoms with van der Waals surface area (Å²) in [6, 6.07) is 8.43. The molecule has 2 heterocycles. The maximum atomic E-state index is 11.8. The van der Waals surface area contributed by atoms with Crippen molar-refractivity contribution < 1.29 is 9.53 Å². The molecule has 0 bridgehead atoms. The third-order valence-electron chi connectivity index (χ3n) is 5.21. The highest BCUT2D eigenvalue weighted by Gasteiger charge is 2.54. The van der Waals surface area contributed by atoms with Crippen LogP contribution in [0.1, 0.15) is 46.1 Å². The minimum absolute atomic E-state index is 0.149. The molecule has 0 aliphatic carbocycles. The van der Waals surface area contributed by atoms with Gasteiger partial charge in [-0.15, -0.1) is 11.8 Å². The average Bonchev–Trinajstić information content (AvgIpc) is 2.88. The van der Waals surface area contributed by atoms with E-state index in [1.54, 1.807) is 6.08 Å². The molecule has 128 valence electrons. The number of thioether (sulfide) groups is 1. The van der Waals surface area contributed by atoms with Crippen molar-refractivity contribution in [1.82, 2.24) is 0 Å². The molecule has 0 amide bonds. The van der Waals surface area contributed by atoms with E-state index in [1.807, 2.05) is 30.8 Å². The summed E-state index contributed by atoms with van der Waals surface area (Å²) in [7, 11) is 0. The lowest BCUT2D eigenvalue weighted by atomic mass is 9.60. The van der Waals surface area contributed by atoms with Crippen molar-refractivity contribution in [1.29, 1.82) is 0 Å². The molecular weight excluding hydrogens is 318 g/mol. The molecule has 3 rings (SSSR count). The van der Waals surface area contributed by atoms with Gasteiger partial charge in [0.2, 0.25) is 0 Å². The Bertz CT molecular complexity index is 707. The van der Waals surface area contributed by atoms with Crippen molar-refractivity contribution >= 4 is 28.5 Å². The summed E-state index contributed by atoms with van der Waals surface area (Å²) in [4.78, 5) is 16.8. The van der Waals surface area contributed by atoms with Crippen LogP contribution in [-0.2, 0) is 14.9 Å². The van der Waals surface area contributed by atoms with E-state index in [2.05, 4.69) is 39.0 Å². The highest BCUT2D eigenvalue weighted by Crippen LogP contribution is 2.59. The summed E-state index contributed by atoms with van der Waals surface area (Å²) in [5.74, 6) is -0.274. The van der Waals surface area contributed by atoms with Crippen molar-refractivity contribution in [2.45, 2.75) is 51.2 Å². The molecule has 0 aromatic heterocycles. The van der Waals surface area contributed by atoms with Crippen molar-refractivity contribution in [3.05, 3.63) is 42.0 Å². The van der Waals surface area contributed by atoms with Gasteiger partial charge in [0.25, 0.3) is 0 Å². The molecule has 0 saturated carbocycles. The van der Waals surface area contributed by atoms with Gasteiger partial charge in [0.15, 0.2) is 0 Å². The summed E-state index contributed by atoms with van der Waals surface area (Å²) >= 11 is 1.88. The van der Waals surface area contributed by atoms with Gasteiger partial charge in [-0.2, -0.15) is 0 Å². The van der Waals surface area contributed by atoms with Crippen LogP contribution in [0.2, 0.25) is 0 Å². The Hall–Kier alpha value is -1.55. The first-order valence-corrected chi connectivity index (χ1v) is 9.50. The standard InChI is InChI=1S/C20H25NO2S/c1-5-23-17(22)11-12-19(3,4)20-13-10-14(2)24-18(20)21-16-9-7-6-8-15(16)20/h6-9,11-12,14H,5,10,13H2,1-4H3/b12-11+/t14-,20+/m1/s1. The lowest BCUT2D eigenvalue weighted by molar-refractivity contribution is -0.137. The first-order valence-electron chi connectivity index (χ1n) is 8.62. The van der Waals surface area contributed by atoms with Gasteiger partial charge in [0.05, 0.1) is 22.8 Å². The van der Waals surface area contributed by atoms with E-state index in [9.17, 15) is 4.79 Å². The molecule has 24 heavy (non-hydrogen) atoms. The van der Waals surface area contributed by atoms with Gasteiger partial charge in [0.1, 0.15) is 0 Å². The zero-order chi connectivity index (χ0) is 17.4. The molecule has 0 radical (unpaired) electrons. The topological polar surface area (TPSA) is 38.7 Å². The first kappa shape index (κ1) is 17.3. The SMILES string of the molecule is CCOC(=O)/C=C/C(C)(C)[C@]12CC[C@@H](C)SC1=Nc1ccccc12. The molecule has 2 aliphatic heterocycles. The van der Waals surface area contributed by atoms with Crippen LogP contribution in [0.4, 0.5) is 5.69 Å². The molecule has 0 spiro atoms. The summed E-state index contributed by atoms with van der Waals surface area (Å²) in [5.41, 5.74) is 1.99. The highest BCUT2D eigenvalue weighted by molar-refractivity contribution is 8.14. The predicted molar refractivity (Wildman–Crippen MR) is 101 cm³/mol. The number of benzene rings is 1. The largest absolute Gasteiger partial charge is 0.463 e. The fraction of sp³-hybridized carbons (Fsp3) is 0.500. The maximum Gasteiger partial charge on any atom is 0.330 e. The van der Waals surface area contributed by atoms with E-state index in [4.69, 9.17) is 9.73 Å². The number of rotatable bonds is 4. The van der Waals surface area contributed by atoms with E-state index in [0.717, 1.165) is 18.5 Å². The number of hydrogen-bond acceptors (Lipinski definition) is 4. The van der Waals surface area contributed by atoms with Crippen LogP contribution in [0.3, 0.4) is 0 Å². The van der Waals surface area contributed by atoms with Gasteiger partial charge in [-0.05, 0) is 36.8 Å². The van der Waals surface area contributed by atoms with Crippen LogP contribution in [0, 0.1) is 5.41 Å². The Kier molecular flexibility index (Phi) is 4.60. The van der Waals surface area contributed by atoms with Crippen LogP contribution >= 0.6 is 11.8 Å². The number of fused-ring (bicyclic) bond motifs is 3. The summed E-state index contributed by atoms with van der Waals surface area (Å²) in [6.45, 7) is 8.90. The van der Waals surface area contributed by atoms with Crippen LogP contribution in [0.15, 0.2) is 41.4 Å². The van der Waals surface area contributed by atoms with Crippen LogP contribution in [0.25, 0.3) is 0 Å². The fourth-order valence-electron chi connectivity index (χ4n) is 3.84. The minimum atomic E-state index is -0.274. The third kappa shape index (κ3) is 2.71. The number of nitrogens with zero attached hydrogens (tertiary/aromatic N) is 1. The quantitative estimate of drug-likeness (QED) is 0.568. The number of carbonyl (C=O) groups is 1. The predicted octanol–water partition coefficient (Wildman–Crippen LogP) is 5.03. The van der Waals surface area contributed by atoms with Gasteiger partial charge in [0, 0.05) is 11.3 Å². The zero-order valence-corrected chi connectivity index (χ0v) is 15.7. The molecule has 4 heteroatoms. The number of carbonyl (C=O) groups excluding carboxylic acids is 1. The molecule has 2 aliphatic rings. The molecule has 1 aromatic carbocycles. The van der Waals surface area contributed by atoms with E-state index < -0.39 is 0 Å². The van der Waals surface area contributed by atoms with E-state index in [0.29, 0.717) is 11.9 Å². The lowest BCUT2D eigenvalue weighted by Crippen LogP contribution is -2.48. The molecule has 0 N–H and O–H groups in total. The molecule has 1 fully saturated rings. The van der Waals surface area contributed by atoms with Crippen LogP contribution in [0.5, 0.6) is 0 Å². The smallest absolute Gasteiger partial charge is 0.330 e. The van der Waals surface area contributed by atoms with Crippen molar-refractivity contribution in [2.24, 2.45) is 10.4 Å². The molecule has 3 nitrogen and oxygen atoms in total. The van der Waals surface area contributed by atoms with Gasteiger partial charge in [-0.25, -0.2) is 9.79 Å². The zero-order valence-electron chi connectivity index (χ0n) is 14.8. The van der Waals surface area contributed by atoms with E-state index in [1.165, 1.54) is 10.6 Å². The minimum Gasteiger partial charge on any atom is -0.463 e. The van der Waals surface area contributed by atoms with Gasteiger partial charge in [-0.1, -0.05) is 45.0 Å². The van der Waals surface area contributed by atoms with E-state index in [-0.39, 0.29) is 16.8 Å². The number of para-hydroxylation sites is 1. The summed E-state index contributed by atoms with van der Waals surface area (Å²) < 4.78 is 5.06. The second-order valence-electron chi connectivity index (χ2n) is 7.11. The highest BCUT2D eigenvalue weighted by atomic mass is 32.2. The Morgan fingerprint density at radius 1 is 1.46 bits per heavy atom. The molecule has 1 aromatic rings. The Balaban J connectivity index is 2.04. The number of esters is 1. The summed E-state index contributed by atoms with van der Waals surface area (Å²) in [6.07, 6.45) is 5.80. The Labute approximate surface area is 148 Å². The monoisotopic (exact) mass is 343 g/mol. The number of allylic oxidation sites excluding steroid dienone is 1. The normalized spacial score (nSPS) is 26.0. The van der Waals surface area contributed by atoms with Crippen molar-refractivity contribution in [2.75, 3.05) is 6.61 Å². The second-order valence-corrected chi connectivity index (χ2v) is 8.54. The third-order valence-corrected chi connectivity index (χ3v) is 6.51. The van der Waals surface area contributed by atoms with Crippen molar-refractivity contribution in [3.8, 4) is 0 Å². The fourth-order valence-corrected chi connectivity index (χ4v) is 5.29. The van der Waals surface area contributed by atoms with Gasteiger partial charge in [-0.3, -0.25) is 0 Å². The number of aliphatic imine (C=N–C) groups is 1. The Morgan fingerprint density at radius 3 is 2.96 bits per heavy atom. The molecular formula is C20H25NO2S. The maximum absolute atomic E-state index is 11.8. The second kappa shape index (κ2) is 6.40. The van der Waals surface area contributed by atoms with E-state index >= 15 is 0 Å². The number of ether oxygens (including phenoxy) is 1. The molecule has 1 saturated heterocycles. The van der Waals surface area contributed by atoms with Gasteiger partial charge < -0.3 is 4.74 Å². The van der Waals surface area contributed by atoms with Gasteiger partial charge >= 0.3 is 5.97 Å². The average molecular weight is 343 g/mol. The Morgan fingerprint density at radius 2 is 2.21 bits per heavy atom. The number of hydrogen-bond donors (Lipinski definition) is 0. The van der Waals surface area contributed by atoms with Crippen molar-refractivity contribution in [3.63, 3.8) is 0 Å². The molecule has 2 atom stereocenters. The first-order chi connectivity index (χ1) is 11.4. The molecule has 0 unspecified atom stereocenters. The summed E-state index contributed by atoms with van der Waals surface area (Å²) in [5, 5.41) is 1.77. The lowest BCUT2D eigenvalue weighted by Gasteiger charge is -2.47.